The molecule has 1 aliphatic heterocycles. The summed E-state index contributed by atoms with van der Waals surface area (Å²) >= 11 is 0. The number of hydrogen-bond acceptors (Lipinski definition) is 8. The smallest absolute Gasteiger partial charge is 0.245 e. The molecule has 0 unspecified atom stereocenters. The Morgan fingerprint density at radius 2 is 1.32 bits per heavy atom. The first kappa shape index (κ1) is 44.7. The van der Waals surface area contributed by atoms with Gasteiger partial charge in [0.1, 0.15) is 30.2 Å². The van der Waals surface area contributed by atoms with Crippen molar-refractivity contribution in [2.45, 2.75) is 148 Å². The van der Waals surface area contributed by atoms with Crippen LogP contribution < -0.4 is 44.2 Å². The Hall–Kier alpha value is -4.44. The number of amides is 7. The van der Waals surface area contributed by atoms with Crippen LogP contribution >= 0.6 is 0 Å². The van der Waals surface area contributed by atoms with Crippen LogP contribution in [0, 0.1) is 17.8 Å². The monoisotopic (exact) mass is 748 g/mol. The molecule has 17 nitrogen and oxygen atoms in total. The van der Waals surface area contributed by atoms with Gasteiger partial charge in [0, 0.05) is 19.5 Å². The highest BCUT2D eigenvalue weighted by molar-refractivity contribution is 5.97. The molecular weight excluding hydrogens is 684 g/mol. The van der Waals surface area contributed by atoms with Gasteiger partial charge in [-0.2, -0.15) is 0 Å². The van der Waals surface area contributed by atoms with E-state index in [1.165, 1.54) is 24.2 Å². The third-order valence-corrected chi connectivity index (χ3v) is 9.67. The van der Waals surface area contributed by atoms with Gasteiger partial charge in [-0.05, 0) is 62.7 Å². The molecule has 0 aromatic heterocycles. The van der Waals surface area contributed by atoms with Crippen LogP contribution in [0.15, 0.2) is 4.99 Å². The molecule has 12 N–H and O–H groups in total. The summed E-state index contributed by atoms with van der Waals surface area (Å²) in [4.78, 5) is 96.6. The van der Waals surface area contributed by atoms with Crippen LogP contribution in [0.25, 0.3) is 0 Å². The summed E-state index contributed by atoms with van der Waals surface area (Å²) in [5, 5.41) is 10.9. The number of carbonyl (C=O) groups excluding carboxylic acids is 7. The van der Waals surface area contributed by atoms with E-state index in [1.807, 2.05) is 27.7 Å². The first-order chi connectivity index (χ1) is 25.0. The van der Waals surface area contributed by atoms with E-state index in [0.29, 0.717) is 38.0 Å². The average molecular weight is 749 g/mol. The minimum atomic E-state index is -1.40. The van der Waals surface area contributed by atoms with Gasteiger partial charge in [0.05, 0.1) is 6.42 Å². The Kier molecular flexibility index (Phi) is 19.1. The third kappa shape index (κ3) is 16.4. The zero-order valence-electron chi connectivity index (χ0n) is 32.0. The highest BCUT2D eigenvalue weighted by atomic mass is 16.2. The first-order valence-corrected chi connectivity index (χ1v) is 19.1. The van der Waals surface area contributed by atoms with Crippen LogP contribution in [-0.2, 0) is 33.6 Å². The van der Waals surface area contributed by atoms with Gasteiger partial charge in [-0.25, -0.2) is 0 Å². The van der Waals surface area contributed by atoms with Crippen molar-refractivity contribution in [3.05, 3.63) is 0 Å². The molecule has 0 aromatic carbocycles. The number of nitrogens with zero attached hydrogens (tertiary/aromatic N) is 2. The fraction of sp³-hybridized carbons (Fsp3) is 0.778. The molecular formula is C36H64N10O7. The van der Waals surface area contributed by atoms with Crippen LogP contribution in [-0.4, -0.2) is 95.5 Å². The quantitative estimate of drug-likeness (QED) is 0.0412. The average Bonchev–Trinajstić information content (AvgIpc) is 3.57. The van der Waals surface area contributed by atoms with Crippen molar-refractivity contribution in [3.8, 4) is 0 Å². The summed E-state index contributed by atoms with van der Waals surface area (Å²) in [7, 11) is 0. The van der Waals surface area contributed by atoms with Gasteiger partial charge in [-0.3, -0.25) is 38.6 Å². The van der Waals surface area contributed by atoms with Crippen molar-refractivity contribution in [1.29, 1.82) is 0 Å². The van der Waals surface area contributed by atoms with Crippen molar-refractivity contribution in [2.24, 2.45) is 45.7 Å². The summed E-state index contributed by atoms with van der Waals surface area (Å²) in [6.07, 6.45) is 8.24. The minimum absolute atomic E-state index is 0.00431. The predicted octanol–water partition coefficient (Wildman–Crippen LogP) is -0.216. The van der Waals surface area contributed by atoms with Gasteiger partial charge < -0.3 is 49.1 Å². The third-order valence-electron chi connectivity index (χ3n) is 9.67. The van der Waals surface area contributed by atoms with Crippen LogP contribution in [0.5, 0.6) is 0 Å². The Labute approximate surface area is 313 Å². The van der Waals surface area contributed by atoms with Crippen LogP contribution in [0.4, 0.5) is 0 Å². The molecule has 0 radical (unpaired) electrons. The second kappa shape index (κ2) is 22.6. The van der Waals surface area contributed by atoms with Crippen LogP contribution in [0.2, 0.25) is 0 Å². The molecule has 0 aromatic rings. The molecule has 53 heavy (non-hydrogen) atoms. The highest BCUT2D eigenvalue weighted by Gasteiger charge is 2.40. The SMILES string of the molecule is CC(C)C[C@H](NC(=O)CCC1CCCCC1)C(=O)N[C@@H](CC(C)C)C(=O)N1CCC[C@H]1C(=O)N[C@@H](CCCN=C(N)N)C(=O)N[C@@H](CC(N)=O)C(N)=O. The fourth-order valence-electron chi connectivity index (χ4n) is 6.99. The lowest BCUT2D eigenvalue weighted by molar-refractivity contribution is -0.143. The summed E-state index contributed by atoms with van der Waals surface area (Å²) in [6.45, 7) is 8.15. The van der Waals surface area contributed by atoms with Crippen molar-refractivity contribution < 1.29 is 33.6 Å². The van der Waals surface area contributed by atoms with Gasteiger partial charge in [-0.1, -0.05) is 59.8 Å². The topological polar surface area (TPSA) is 287 Å². The number of aliphatic imine (C=N–C) groups is 1. The van der Waals surface area contributed by atoms with E-state index in [-0.39, 0.29) is 49.6 Å². The summed E-state index contributed by atoms with van der Waals surface area (Å²) in [6, 6.07) is -5.35. The number of carbonyl (C=O) groups is 7. The summed E-state index contributed by atoms with van der Waals surface area (Å²) < 4.78 is 0. The van der Waals surface area contributed by atoms with E-state index in [0.717, 1.165) is 19.3 Å². The van der Waals surface area contributed by atoms with Crippen LogP contribution in [0.3, 0.4) is 0 Å². The molecule has 0 spiro atoms. The lowest BCUT2D eigenvalue weighted by Crippen LogP contribution is -2.59. The van der Waals surface area contributed by atoms with E-state index in [1.54, 1.807) is 0 Å². The molecule has 2 aliphatic rings. The second-order valence-corrected chi connectivity index (χ2v) is 15.3. The molecule has 7 amide bonds. The second-order valence-electron chi connectivity index (χ2n) is 15.3. The molecule has 2 fully saturated rings. The molecule has 1 saturated heterocycles. The van der Waals surface area contributed by atoms with Gasteiger partial charge in [0.2, 0.25) is 41.4 Å². The van der Waals surface area contributed by atoms with Gasteiger partial charge in [0.25, 0.3) is 0 Å². The van der Waals surface area contributed by atoms with E-state index in [4.69, 9.17) is 22.9 Å². The van der Waals surface area contributed by atoms with E-state index >= 15 is 0 Å². The first-order valence-electron chi connectivity index (χ1n) is 19.1. The number of primary amides is 2. The fourth-order valence-corrected chi connectivity index (χ4v) is 6.99. The normalized spacial score (nSPS) is 18.4. The van der Waals surface area contributed by atoms with E-state index < -0.39 is 72.1 Å². The van der Waals surface area contributed by atoms with Crippen molar-refractivity contribution in [2.75, 3.05) is 13.1 Å². The highest BCUT2D eigenvalue weighted by Crippen LogP contribution is 2.27. The number of rotatable bonds is 22. The molecule has 2 rings (SSSR count). The lowest BCUT2D eigenvalue weighted by atomic mass is 9.86. The molecule has 1 saturated carbocycles. The van der Waals surface area contributed by atoms with Gasteiger partial charge in [-0.15, -0.1) is 0 Å². The van der Waals surface area contributed by atoms with Crippen molar-refractivity contribution in [3.63, 3.8) is 0 Å². The lowest BCUT2D eigenvalue weighted by Gasteiger charge is -2.31. The molecule has 5 atom stereocenters. The number of hydrogen-bond donors (Lipinski definition) is 8. The maximum Gasteiger partial charge on any atom is 0.245 e. The maximum atomic E-state index is 14.1. The molecule has 0 bridgehead atoms. The van der Waals surface area contributed by atoms with E-state index in [2.05, 4.69) is 26.3 Å². The zero-order chi connectivity index (χ0) is 39.7. The standard InChI is InChI=1S/C36H64N10O7/c1-21(2)18-26(42-30(48)15-14-23-10-6-5-7-11-23)33(51)45-27(19-22(3)4)35(53)46-17-9-13-28(46)34(52)43-24(12-8-16-41-36(39)40)32(50)44-25(31(38)49)20-29(37)47/h21-28H,5-20H2,1-4H3,(H2,37,47)(H2,38,49)(H,42,48)(H,43,52)(H,44,50)(H,45,51)(H4,39,40,41)/t24-,25-,26-,27-,28-/m0/s1. The summed E-state index contributed by atoms with van der Waals surface area (Å²) in [5.74, 6) is -3.86. The molecule has 300 valence electrons. The molecule has 17 heteroatoms. The Balaban J connectivity index is 2.20. The van der Waals surface area contributed by atoms with Crippen molar-refractivity contribution >= 4 is 47.3 Å². The molecule has 1 aliphatic carbocycles. The van der Waals surface area contributed by atoms with Crippen molar-refractivity contribution in [1.82, 2.24) is 26.2 Å². The van der Waals surface area contributed by atoms with Gasteiger partial charge in [0.15, 0.2) is 5.96 Å². The molecule has 1 heterocycles. The number of likely N-dealkylation sites (tertiary alicyclic amines) is 1. The number of nitrogens with one attached hydrogen (secondary N) is 4. The van der Waals surface area contributed by atoms with Gasteiger partial charge >= 0.3 is 0 Å². The minimum Gasteiger partial charge on any atom is -0.370 e. The largest absolute Gasteiger partial charge is 0.370 e. The maximum absolute atomic E-state index is 14.1. The predicted molar refractivity (Wildman–Crippen MR) is 200 cm³/mol. The Bertz CT molecular complexity index is 1300. The zero-order valence-corrected chi connectivity index (χ0v) is 32.0. The van der Waals surface area contributed by atoms with E-state index in [9.17, 15) is 33.6 Å². The Morgan fingerprint density at radius 3 is 1.91 bits per heavy atom. The number of nitrogens with two attached hydrogens (primary N) is 4. The number of guanidine groups is 1. The van der Waals surface area contributed by atoms with Crippen LogP contribution in [0.1, 0.15) is 118 Å². The summed E-state index contributed by atoms with van der Waals surface area (Å²) in [5.41, 5.74) is 21.4. The Morgan fingerprint density at radius 1 is 0.717 bits per heavy atom.